The zero-order valence-electron chi connectivity index (χ0n) is 18.7. The van der Waals surface area contributed by atoms with Gasteiger partial charge in [0.25, 0.3) is 5.91 Å². The van der Waals surface area contributed by atoms with Crippen molar-refractivity contribution in [1.29, 1.82) is 0 Å². The van der Waals surface area contributed by atoms with Gasteiger partial charge in [-0.25, -0.2) is 14.8 Å². The molecule has 0 aliphatic rings. The Bertz CT molecular complexity index is 1130. The lowest BCUT2D eigenvalue weighted by molar-refractivity contribution is -0.142. The minimum Gasteiger partial charge on any atom is -0.467 e. The first-order valence-electron chi connectivity index (χ1n) is 10.6. The highest BCUT2D eigenvalue weighted by Crippen LogP contribution is 2.25. The molecular weight excluding hydrogens is 475 g/mol. The van der Waals surface area contributed by atoms with E-state index in [9.17, 15) is 9.59 Å². The second-order valence-electron chi connectivity index (χ2n) is 7.17. The molecule has 0 saturated heterocycles. The molecule has 0 aliphatic carbocycles. The molecule has 176 valence electrons. The molecular formula is C25H24Cl2N4O3. The molecule has 34 heavy (non-hydrogen) atoms. The van der Waals surface area contributed by atoms with Crippen LogP contribution in [0.5, 0.6) is 0 Å². The summed E-state index contributed by atoms with van der Waals surface area (Å²) in [5.41, 5.74) is 2.00. The van der Waals surface area contributed by atoms with Crippen molar-refractivity contribution in [3.8, 4) is 0 Å². The maximum Gasteiger partial charge on any atom is 0.328 e. The SMILES string of the molecule is CCN(c1ccc(C=CCC(NC(=O)c2c(Cl)cccc2Cl)C(=O)OC)cc1)c1ncccn1. The molecule has 3 aromatic rings. The molecule has 9 heteroatoms. The van der Waals surface area contributed by atoms with Crippen LogP contribution in [0.2, 0.25) is 10.0 Å². The van der Waals surface area contributed by atoms with E-state index < -0.39 is 17.9 Å². The van der Waals surface area contributed by atoms with Gasteiger partial charge in [0.05, 0.1) is 22.7 Å². The van der Waals surface area contributed by atoms with Gasteiger partial charge in [-0.05, 0) is 49.2 Å². The van der Waals surface area contributed by atoms with Crippen molar-refractivity contribution < 1.29 is 14.3 Å². The third-order valence-corrected chi connectivity index (χ3v) is 5.61. The maximum atomic E-state index is 12.7. The fourth-order valence-electron chi connectivity index (χ4n) is 3.28. The molecule has 0 saturated carbocycles. The van der Waals surface area contributed by atoms with Crippen molar-refractivity contribution in [2.45, 2.75) is 19.4 Å². The zero-order chi connectivity index (χ0) is 24.5. The first kappa shape index (κ1) is 25.2. The number of methoxy groups -OCH3 is 1. The smallest absolute Gasteiger partial charge is 0.328 e. The average molecular weight is 499 g/mol. The average Bonchev–Trinajstić information content (AvgIpc) is 2.85. The van der Waals surface area contributed by atoms with E-state index in [1.54, 1.807) is 42.7 Å². The van der Waals surface area contributed by atoms with E-state index in [-0.39, 0.29) is 22.0 Å². The molecule has 1 N–H and O–H groups in total. The number of nitrogens with one attached hydrogen (secondary N) is 1. The van der Waals surface area contributed by atoms with Crippen molar-refractivity contribution in [3.05, 3.63) is 88.2 Å². The van der Waals surface area contributed by atoms with Crippen LogP contribution in [-0.4, -0.2) is 41.5 Å². The largest absolute Gasteiger partial charge is 0.467 e. The van der Waals surface area contributed by atoms with Crippen LogP contribution in [0.1, 0.15) is 29.3 Å². The monoisotopic (exact) mass is 498 g/mol. The maximum absolute atomic E-state index is 12.7. The van der Waals surface area contributed by atoms with Gasteiger partial charge in [0.1, 0.15) is 6.04 Å². The van der Waals surface area contributed by atoms with E-state index in [2.05, 4.69) is 15.3 Å². The molecule has 1 amide bonds. The Morgan fingerprint density at radius 3 is 2.29 bits per heavy atom. The highest BCUT2D eigenvalue weighted by Gasteiger charge is 2.23. The van der Waals surface area contributed by atoms with Gasteiger partial charge < -0.3 is 15.0 Å². The van der Waals surface area contributed by atoms with E-state index in [1.807, 2.05) is 42.2 Å². The lowest BCUT2D eigenvalue weighted by Gasteiger charge is -2.20. The summed E-state index contributed by atoms with van der Waals surface area (Å²) in [6.45, 7) is 2.75. The fraction of sp³-hybridized carbons (Fsp3) is 0.200. The summed E-state index contributed by atoms with van der Waals surface area (Å²) in [7, 11) is 1.27. The second-order valence-corrected chi connectivity index (χ2v) is 7.98. The zero-order valence-corrected chi connectivity index (χ0v) is 20.3. The Balaban J connectivity index is 1.68. The standard InChI is InChI=1S/C25H24Cl2N4O3/c1-3-31(25-28-15-6-16-29-25)18-13-11-17(12-14-18)7-4-10-21(24(33)34-2)30-23(32)22-19(26)8-5-9-20(22)27/h4-9,11-16,21H,3,10H2,1-2H3,(H,30,32). The Morgan fingerprint density at radius 2 is 1.71 bits per heavy atom. The number of halogens is 2. The van der Waals surface area contributed by atoms with Crippen LogP contribution >= 0.6 is 23.2 Å². The summed E-state index contributed by atoms with van der Waals surface area (Å²) in [5.74, 6) is -0.493. The summed E-state index contributed by atoms with van der Waals surface area (Å²) in [6, 6.07) is 13.5. The fourth-order valence-corrected chi connectivity index (χ4v) is 3.85. The third kappa shape index (κ3) is 6.34. The van der Waals surface area contributed by atoms with E-state index in [0.717, 1.165) is 17.8 Å². The van der Waals surface area contributed by atoms with Crippen LogP contribution in [0.4, 0.5) is 11.6 Å². The van der Waals surface area contributed by atoms with Gasteiger partial charge in [-0.1, -0.05) is 53.6 Å². The molecule has 1 atom stereocenters. The van der Waals surface area contributed by atoms with Gasteiger partial charge in [-0.2, -0.15) is 0 Å². The van der Waals surface area contributed by atoms with Crippen molar-refractivity contribution in [2.75, 3.05) is 18.6 Å². The lowest BCUT2D eigenvalue weighted by Crippen LogP contribution is -2.41. The number of esters is 1. The number of ether oxygens (including phenoxy) is 1. The number of benzene rings is 2. The number of carbonyl (C=O) groups is 2. The van der Waals surface area contributed by atoms with Crippen LogP contribution in [-0.2, 0) is 9.53 Å². The molecule has 3 rings (SSSR count). The third-order valence-electron chi connectivity index (χ3n) is 4.98. The quantitative estimate of drug-likeness (QED) is 0.402. The minimum absolute atomic E-state index is 0.113. The molecule has 0 aliphatic heterocycles. The predicted octanol–water partition coefficient (Wildman–Crippen LogP) is 5.32. The highest BCUT2D eigenvalue weighted by atomic mass is 35.5. The van der Waals surface area contributed by atoms with E-state index in [1.165, 1.54) is 7.11 Å². The number of rotatable bonds is 9. The van der Waals surface area contributed by atoms with Crippen molar-refractivity contribution >= 4 is 52.8 Å². The van der Waals surface area contributed by atoms with Crippen LogP contribution in [0.15, 0.2) is 67.0 Å². The van der Waals surface area contributed by atoms with Gasteiger partial charge in [-0.3, -0.25) is 4.79 Å². The summed E-state index contributed by atoms with van der Waals surface area (Å²) in [4.78, 5) is 35.5. The molecule has 0 fully saturated rings. The number of hydrogen-bond donors (Lipinski definition) is 1. The van der Waals surface area contributed by atoms with Gasteiger partial charge in [0.2, 0.25) is 5.95 Å². The van der Waals surface area contributed by atoms with E-state index in [4.69, 9.17) is 27.9 Å². The van der Waals surface area contributed by atoms with Crippen LogP contribution in [0, 0.1) is 0 Å². The van der Waals surface area contributed by atoms with Gasteiger partial charge in [0.15, 0.2) is 0 Å². The first-order chi connectivity index (χ1) is 16.4. The summed E-state index contributed by atoms with van der Waals surface area (Å²) in [5, 5.41) is 3.05. The van der Waals surface area contributed by atoms with Crippen molar-refractivity contribution in [1.82, 2.24) is 15.3 Å². The molecule has 0 spiro atoms. The molecule has 2 aromatic carbocycles. The van der Waals surface area contributed by atoms with Crippen LogP contribution in [0.3, 0.4) is 0 Å². The number of hydrogen-bond acceptors (Lipinski definition) is 6. The van der Waals surface area contributed by atoms with Crippen molar-refractivity contribution in [3.63, 3.8) is 0 Å². The molecule has 1 heterocycles. The van der Waals surface area contributed by atoms with Crippen LogP contribution < -0.4 is 10.2 Å². The molecule has 0 bridgehead atoms. The van der Waals surface area contributed by atoms with Gasteiger partial charge in [0, 0.05) is 24.6 Å². The number of anilines is 2. The van der Waals surface area contributed by atoms with E-state index in [0.29, 0.717) is 5.95 Å². The van der Waals surface area contributed by atoms with Crippen LogP contribution in [0.25, 0.3) is 6.08 Å². The Hall–Kier alpha value is -3.42. The number of carbonyl (C=O) groups excluding carboxylic acids is 2. The second kappa shape index (κ2) is 12.2. The summed E-state index contributed by atoms with van der Waals surface area (Å²) >= 11 is 12.2. The summed E-state index contributed by atoms with van der Waals surface area (Å²) in [6.07, 6.45) is 7.30. The highest BCUT2D eigenvalue weighted by molar-refractivity contribution is 6.39. The van der Waals surface area contributed by atoms with Gasteiger partial charge in [-0.15, -0.1) is 0 Å². The molecule has 7 nitrogen and oxygen atoms in total. The Morgan fingerprint density at radius 1 is 1.06 bits per heavy atom. The molecule has 1 unspecified atom stereocenters. The lowest BCUT2D eigenvalue weighted by atomic mass is 10.1. The minimum atomic E-state index is -0.897. The van der Waals surface area contributed by atoms with Crippen molar-refractivity contribution in [2.24, 2.45) is 0 Å². The van der Waals surface area contributed by atoms with Gasteiger partial charge >= 0.3 is 5.97 Å². The number of nitrogens with zero attached hydrogens (tertiary/aromatic N) is 3. The molecule has 1 aromatic heterocycles. The topological polar surface area (TPSA) is 84.4 Å². The Labute approximate surface area is 208 Å². The number of amides is 1. The Kier molecular flexibility index (Phi) is 9.01. The molecule has 0 radical (unpaired) electrons. The van der Waals surface area contributed by atoms with E-state index >= 15 is 0 Å². The predicted molar refractivity (Wildman–Crippen MR) is 135 cm³/mol. The summed E-state index contributed by atoms with van der Waals surface area (Å²) < 4.78 is 4.84. The number of aromatic nitrogens is 2. The first-order valence-corrected chi connectivity index (χ1v) is 11.3. The normalized spacial score (nSPS) is 11.8.